The van der Waals surface area contributed by atoms with E-state index in [1.807, 2.05) is 38.1 Å². The highest BCUT2D eigenvalue weighted by molar-refractivity contribution is 6.31. The molecule has 0 aromatic heterocycles. The lowest BCUT2D eigenvalue weighted by Crippen LogP contribution is -2.20. The van der Waals surface area contributed by atoms with Gasteiger partial charge in [-0.05, 0) is 49.2 Å². The Bertz CT molecular complexity index is 671. The van der Waals surface area contributed by atoms with Crippen molar-refractivity contribution >= 4 is 29.0 Å². The van der Waals surface area contributed by atoms with Gasteiger partial charge in [0, 0.05) is 10.7 Å². The van der Waals surface area contributed by atoms with Crippen LogP contribution in [0.2, 0.25) is 5.02 Å². The second-order valence-corrected chi connectivity index (χ2v) is 5.18. The molecular weight excluding hydrogens is 288 g/mol. The van der Waals surface area contributed by atoms with Gasteiger partial charge in [0.2, 0.25) is 0 Å². The number of methoxy groups -OCH3 is 1. The normalized spacial score (nSPS) is 10.1. The third kappa shape index (κ3) is 3.89. The summed E-state index contributed by atoms with van der Waals surface area (Å²) in [5.41, 5.74) is 3.26. The topological polar surface area (TPSA) is 50.4 Å². The number of nitrogens with one attached hydrogen (secondary N) is 2. The minimum atomic E-state index is -0.343. The molecule has 0 atom stereocenters. The van der Waals surface area contributed by atoms with Crippen LogP contribution < -0.4 is 15.4 Å². The predicted molar refractivity (Wildman–Crippen MR) is 86.6 cm³/mol. The molecule has 2 N–H and O–H groups in total. The Morgan fingerprint density at radius 3 is 2.48 bits per heavy atom. The standard InChI is InChI=1S/C16H17ClN2O2/c1-10-4-7-15(21-3)14(8-10)19-16(20)18-13-9-12(17)6-5-11(13)2/h4-9H,1-3H3,(H2,18,19,20). The molecule has 4 nitrogen and oxygen atoms in total. The summed E-state index contributed by atoms with van der Waals surface area (Å²) in [6.45, 7) is 3.85. The zero-order valence-corrected chi connectivity index (χ0v) is 12.9. The Balaban J connectivity index is 2.15. The van der Waals surface area contributed by atoms with Crippen molar-refractivity contribution in [1.29, 1.82) is 0 Å². The summed E-state index contributed by atoms with van der Waals surface area (Å²) in [5.74, 6) is 0.610. The first-order valence-corrected chi connectivity index (χ1v) is 6.86. The molecule has 0 aliphatic heterocycles. The number of hydrogen-bond acceptors (Lipinski definition) is 2. The number of anilines is 2. The number of benzene rings is 2. The Morgan fingerprint density at radius 2 is 1.76 bits per heavy atom. The van der Waals surface area contributed by atoms with E-state index >= 15 is 0 Å². The molecule has 0 radical (unpaired) electrons. The summed E-state index contributed by atoms with van der Waals surface area (Å²) >= 11 is 5.94. The number of amides is 2. The summed E-state index contributed by atoms with van der Waals surface area (Å²) in [4.78, 5) is 12.1. The van der Waals surface area contributed by atoms with Crippen molar-refractivity contribution in [3.63, 3.8) is 0 Å². The van der Waals surface area contributed by atoms with Crippen LogP contribution in [0.1, 0.15) is 11.1 Å². The third-order valence-corrected chi connectivity index (χ3v) is 3.29. The van der Waals surface area contributed by atoms with Crippen molar-refractivity contribution in [1.82, 2.24) is 0 Å². The average molecular weight is 305 g/mol. The number of carbonyl (C=O) groups excluding carboxylic acids is 1. The second-order valence-electron chi connectivity index (χ2n) is 4.74. The lowest BCUT2D eigenvalue weighted by atomic mass is 10.2. The van der Waals surface area contributed by atoms with Crippen molar-refractivity contribution in [2.75, 3.05) is 17.7 Å². The molecule has 0 spiro atoms. The van der Waals surface area contributed by atoms with Gasteiger partial charge < -0.3 is 15.4 Å². The molecule has 0 heterocycles. The number of urea groups is 1. The van der Waals surface area contributed by atoms with Crippen LogP contribution >= 0.6 is 11.6 Å². The Morgan fingerprint density at radius 1 is 1.05 bits per heavy atom. The van der Waals surface area contributed by atoms with Gasteiger partial charge in [0.05, 0.1) is 12.8 Å². The van der Waals surface area contributed by atoms with Gasteiger partial charge in [0.25, 0.3) is 0 Å². The first-order valence-electron chi connectivity index (χ1n) is 6.48. The molecule has 0 bridgehead atoms. The van der Waals surface area contributed by atoms with Crippen molar-refractivity contribution < 1.29 is 9.53 Å². The summed E-state index contributed by atoms with van der Waals surface area (Å²) in [6, 6.07) is 10.6. The molecule has 0 aliphatic carbocycles. The Hall–Kier alpha value is -2.20. The van der Waals surface area contributed by atoms with E-state index in [1.165, 1.54) is 0 Å². The van der Waals surface area contributed by atoms with Crippen LogP contribution in [0.25, 0.3) is 0 Å². The second kappa shape index (κ2) is 6.50. The van der Waals surface area contributed by atoms with Crippen LogP contribution in [0.3, 0.4) is 0 Å². The van der Waals surface area contributed by atoms with Gasteiger partial charge >= 0.3 is 6.03 Å². The molecule has 5 heteroatoms. The Labute approximate surface area is 129 Å². The van der Waals surface area contributed by atoms with Crippen LogP contribution in [0, 0.1) is 13.8 Å². The number of carbonyl (C=O) groups is 1. The first-order chi connectivity index (χ1) is 9.99. The van der Waals surface area contributed by atoms with E-state index in [4.69, 9.17) is 16.3 Å². The minimum Gasteiger partial charge on any atom is -0.495 e. The molecule has 2 aromatic carbocycles. The van der Waals surface area contributed by atoms with E-state index in [0.29, 0.717) is 22.1 Å². The van der Waals surface area contributed by atoms with Gasteiger partial charge in [-0.15, -0.1) is 0 Å². The lowest BCUT2D eigenvalue weighted by Gasteiger charge is -2.13. The van der Waals surface area contributed by atoms with Crippen molar-refractivity contribution in [2.45, 2.75) is 13.8 Å². The number of rotatable bonds is 3. The number of ether oxygens (including phenoxy) is 1. The smallest absolute Gasteiger partial charge is 0.323 e. The summed E-state index contributed by atoms with van der Waals surface area (Å²) < 4.78 is 5.23. The molecule has 2 aromatic rings. The fraction of sp³-hybridized carbons (Fsp3) is 0.188. The summed E-state index contributed by atoms with van der Waals surface area (Å²) in [5, 5.41) is 6.13. The number of halogens is 1. The number of aryl methyl sites for hydroxylation is 2. The third-order valence-electron chi connectivity index (χ3n) is 3.05. The van der Waals surface area contributed by atoms with Gasteiger partial charge in [-0.3, -0.25) is 0 Å². The molecular formula is C16H17ClN2O2. The molecule has 0 aliphatic rings. The highest BCUT2D eigenvalue weighted by Crippen LogP contribution is 2.26. The molecule has 0 fully saturated rings. The average Bonchev–Trinajstić information content (AvgIpc) is 2.43. The van der Waals surface area contributed by atoms with E-state index in [2.05, 4.69) is 10.6 Å². The highest BCUT2D eigenvalue weighted by atomic mass is 35.5. The zero-order valence-electron chi connectivity index (χ0n) is 12.2. The van der Waals surface area contributed by atoms with Crippen molar-refractivity contribution in [3.05, 3.63) is 52.5 Å². The van der Waals surface area contributed by atoms with Gasteiger partial charge in [-0.2, -0.15) is 0 Å². The fourth-order valence-corrected chi connectivity index (χ4v) is 2.10. The maximum atomic E-state index is 12.1. The van der Waals surface area contributed by atoms with Crippen LogP contribution in [0.4, 0.5) is 16.2 Å². The maximum Gasteiger partial charge on any atom is 0.323 e. The van der Waals surface area contributed by atoms with E-state index in [1.54, 1.807) is 19.2 Å². The fourth-order valence-electron chi connectivity index (χ4n) is 1.92. The first kappa shape index (κ1) is 15.2. The van der Waals surface area contributed by atoms with E-state index < -0.39 is 0 Å². The van der Waals surface area contributed by atoms with Crippen LogP contribution in [0.15, 0.2) is 36.4 Å². The van der Waals surface area contributed by atoms with Crippen LogP contribution in [-0.2, 0) is 0 Å². The predicted octanol–water partition coefficient (Wildman–Crippen LogP) is 4.61. The van der Waals surface area contributed by atoms with E-state index in [0.717, 1.165) is 11.1 Å². The molecule has 2 rings (SSSR count). The SMILES string of the molecule is COc1ccc(C)cc1NC(=O)Nc1cc(Cl)ccc1C. The van der Waals surface area contributed by atoms with Gasteiger partial charge in [-0.1, -0.05) is 23.7 Å². The highest BCUT2D eigenvalue weighted by Gasteiger charge is 2.09. The largest absolute Gasteiger partial charge is 0.495 e. The van der Waals surface area contributed by atoms with Crippen LogP contribution in [-0.4, -0.2) is 13.1 Å². The maximum absolute atomic E-state index is 12.1. The monoisotopic (exact) mass is 304 g/mol. The van der Waals surface area contributed by atoms with E-state index in [-0.39, 0.29) is 6.03 Å². The lowest BCUT2D eigenvalue weighted by molar-refractivity contribution is 0.262. The molecule has 0 saturated carbocycles. The molecule has 2 amide bonds. The zero-order chi connectivity index (χ0) is 15.4. The molecule has 21 heavy (non-hydrogen) atoms. The summed E-state index contributed by atoms with van der Waals surface area (Å²) in [6.07, 6.45) is 0. The quantitative estimate of drug-likeness (QED) is 0.870. The van der Waals surface area contributed by atoms with E-state index in [9.17, 15) is 4.79 Å². The van der Waals surface area contributed by atoms with Crippen LogP contribution in [0.5, 0.6) is 5.75 Å². The Kier molecular flexibility index (Phi) is 4.70. The molecule has 110 valence electrons. The van der Waals surface area contributed by atoms with Gasteiger partial charge in [0.15, 0.2) is 0 Å². The molecule has 0 unspecified atom stereocenters. The summed E-state index contributed by atoms with van der Waals surface area (Å²) in [7, 11) is 1.56. The van der Waals surface area contributed by atoms with Crippen molar-refractivity contribution in [3.8, 4) is 5.75 Å². The number of hydrogen-bond donors (Lipinski definition) is 2. The van der Waals surface area contributed by atoms with Crippen molar-refractivity contribution in [2.24, 2.45) is 0 Å². The van der Waals surface area contributed by atoms with Gasteiger partial charge in [-0.25, -0.2) is 4.79 Å². The molecule has 0 saturated heterocycles. The minimum absolute atomic E-state index is 0.343. The van der Waals surface area contributed by atoms with Gasteiger partial charge in [0.1, 0.15) is 5.75 Å².